The Kier molecular flexibility index (Phi) is 4.07. The Labute approximate surface area is 151 Å². The Morgan fingerprint density at radius 3 is 2.12 bits per heavy atom. The molecule has 118 valence electrons. The van der Waals surface area contributed by atoms with Crippen molar-refractivity contribution in [2.75, 3.05) is 27.2 Å². The average Bonchev–Trinajstić information content (AvgIpc) is 2.84. The zero-order valence-electron chi connectivity index (χ0n) is 16.8. The summed E-state index contributed by atoms with van der Waals surface area (Å²) in [6.07, 6.45) is 0. The number of likely N-dealkylation sites (N-methyl/N-ethyl adjacent to an activating group) is 1. The number of nitrogens with one attached hydrogen (secondary N) is 1. The lowest BCUT2D eigenvalue weighted by Crippen LogP contribution is -2.42. The second-order valence-corrected chi connectivity index (χ2v) is 8.97. The van der Waals surface area contributed by atoms with Crippen LogP contribution in [0, 0.1) is 0 Å². The van der Waals surface area contributed by atoms with Gasteiger partial charge in [-0.25, -0.2) is 0 Å². The van der Waals surface area contributed by atoms with Gasteiger partial charge in [0, 0.05) is 11.2 Å². The Hall–Kier alpha value is -1.03. The van der Waals surface area contributed by atoms with E-state index in [0.717, 1.165) is 18.8 Å². The van der Waals surface area contributed by atoms with E-state index >= 15 is 0 Å². The Bertz CT molecular complexity index is 831. The van der Waals surface area contributed by atoms with Crippen molar-refractivity contribution in [3.63, 3.8) is 0 Å². The third-order valence-electron chi connectivity index (χ3n) is 5.88. The molecule has 0 saturated heterocycles. The highest BCUT2D eigenvalue weighted by Crippen LogP contribution is 2.37. The highest BCUT2D eigenvalue weighted by atomic mass is 16.5. The lowest BCUT2D eigenvalue weighted by Gasteiger charge is -2.29. The van der Waals surface area contributed by atoms with Gasteiger partial charge in [-0.3, -0.25) is 0 Å². The summed E-state index contributed by atoms with van der Waals surface area (Å²) in [5.74, 6) is 1.02. The molecule has 24 heavy (non-hydrogen) atoms. The van der Waals surface area contributed by atoms with Crippen LogP contribution in [0.1, 0.15) is 11.3 Å². The molecule has 0 radical (unpaired) electrons. The van der Waals surface area contributed by atoms with Crippen molar-refractivity contribution >= 4 is 82.2 Å². The summed E-state index contributed by atoms with van der Waals surface area (Å²) < 4.78 is 5.71. The molecule has 0 bridgehead atoms. The molecular formula is C14H25B7N2O. The van der Waals surface area contributed by atoms with E-state index < -0.39 is 0 Å². The van der Waals surface area contributed by atoms with E-state index in [4.69, 9.17) is 4.74 Å². The molecule has 1 aliphatic heterocycles. The molecule has 1 aromatic carbocycles. The number of methoxy groups -OCH3 is 1. The molecule has 2 heterocycles. The van der Waals surface area contributed by atoms with Crippen molar-refractivity contribution in [2.24, 2.45) is 0 Å². The number of fused-ring (bicyclic) bond motifs is 3. The van der Waals surface area contributed by atoms with Gasteiger partial charge < -0.3 is 14.6 Å². The summed E-state index contributed by atoms with van der Waals surface area (Å²) in [6.45, 7) is 2.13. The second kappa shape index (κ2) is 5.49. The summed E-state index contributed by atoms with van der Waals surface area (Å²) in [6, 6.07) is 0. The molecule has 1 N–H and O–H groups in total. The van der Waals surface area contributed by atoms with Crippen molar-refractivity contribution in [3.05, 3.63) is 11.3 Å². The van der Waals surface area contributed by atoms with Crippen LogP contribution in [-0.4, -0.2) is 92.1 Å². The fourth-order valence-electron chi connectivity index (χ4n) is 4.96. The van der Waals surface area contributed by atoms with Crippen LogP contribution in [0.4, 0.5) is 0 Å². The number of aromatic nitrogens is 1. The maximum atomic E-state index is 5.71. The topological polar surface area (TPSA) is 28.3 Å². The van der Waals surface area contributed by atoms with Crippen molar-refractivity contribution in [1.29, 1.82) is 0 Å². The highest BCUT2D eigenvalue weighted by molar-refractivity contribution is 6.58. The zero-order chi connectivity index (χ0) is 18.0. The fraction of sp³-hybridized carbons (Fsp3) is 0.429. The monoisotopic (exact) mass is 314 g/mol. The van der Waals surface area contributed by atoms with E-state index in [1.54, 1.807) is 7.11 Å². The average molecular weight is 313 g/mol. The molecule has 0 aliphatic carbocycles. The molecule has 0 unspecified atom stereocenters. The predicted octanol–water partition coefficient (Wildman–Crippen LogP) is -7.26. The summed E-state index contributed by atoms with van der Waals surface area (Å²) >= 11 is 0. The van der Waals surface area contributed by atoms with Gasteiger partial charge in [0.2, 0.25) is 0 Å². The molecule has 2 aromatic rings. The molecule has 3 nitrogen and oxygen atoms in total. The first-order valence-corrected chi connectivity index (χ1v) is 8.90. The van der Waals surface area contributed by atoms with Crippen molar-refractivity contribution in [2.45, 2.75) is 10.4 Å². The second-order valence-electron chi connectivity index (χ2n) is 8.97. The number of ether oxygens (including phenoxy) is 1. The Balaban J connectivity index is 2.50. The molecule has 1 aliphatic rings. The van der Waals surface area contributed by atoms with E-state index in [-0.39, 0.29) is 10.4 Å². The van der Waals surface area contributed by atoms with Crippen molar-refractivity contribution in [3.8, 4) is 5.75 Å². The van der Waals surface area contributed by atoms with Gasteiger partial charge in [-0.15, -0.1) is 0 Å². The fourth-order valence-corrected chi connectivity index (χ4v) is 4.96. The van der Waals surface area contributed by atoms with Crippen LogP contribution in [0.3, 0.4) is 0 Å². The number of rotatable bonds is 1. The van der Waals surface area contributed by atoms with Crippen LogP contribution >= 0.6 is 0 Å². The molecule has 0 spiro atoms. The summed E-state index contributed by atoms with van der Waals surface area (Å²) in [4.78, 5) is 6.30. The minimum atomic E-state index is 0.0941. The number of H-pyrrole nitrogens is 1. The van der Waals surface area contributed by atoms with Crippen LogP contribution in [-0.2, 0) is 10.4 Å². The maximum Gasteiger partial charge on any atom is 0.146 e. The molecule has 0 fully saturated rings. The molecule has 10 heteroatoms. The van der Waals surface area contributed by atoms with E-state index in [1.165, 1.54) is 38.5 Å². The number of hydrogen-bond acceptors (Lipinski definition) is 2. The minimum absolute atomic E-state index is 0.0941. The largest absolute Gasteiger partial charge is 0.498 e. The number of hydrogen-bond donors (Lipinski definition) is 1. The van der Waals surface area contributed by atoms with Crippen LogP contribution in [0.2, 0.25) is 0 Å². The van der Waals surface area contributed by atoms with E-state index in [1.807, 2.05) is 0 Å². The lowest BCUT2D eigenvalue weighted by molar-refractivity contribution is 0.324. The summed E-state index contributed by atoms with van der Waals surface area (Å²) in [5, 5.41) is 1.61. The van der Waals surface area contributed by atoms with Crippen molar-refractivity contribution < 1.29 is 4.74 Å². The number of benzene rings is 1. The third-order valence-corrected chi connectivity index (χ3v) is 5.88. The maximum absolute atomic E-state index is 5.71. The molecule has 0 amide bonds. The minimum Gasteiger partial charge on any atom is -0.498 e. The van der Waals surface area contributed by atoms with Gasteiger partial charge in [-0.1, -0.05) is 10.9 Å². The van der Waals surface area contributed by atoms with Gasteiger partial charge in [-0.05, 0) is 47.0 Å². The first kappa shape index (κ1) is 17.8. The Morgan fingerprint density at radius 1 is 0.958 bits per heavy atom. The Morgan fingerprint density at radius 2 is 1.54 bits per heavy atom. The van der Waals surface area contributed by atoms with E-state index in [0.29, 0.717) is 0 Å². The van der Waals surface area contributed by atoms with Crippen LogP contribution < -0.4 is 21.1 Å². The molecule has 3 rings (SSSR count). The van der Waals surface area contributed by atoms with Crippen LogP contribution in [0.5, 0.6) is 5.75 Å². The van der Waals surface area contributed by atoms with Gasteiger partial charge in [0.15, 0.2) is 0 Å². The normalized spacial score (nSPS) is 19.8. The molecular weight excluding hydrogens is 288 g/mol. The SMILES string of the molecule is Bc1c(OC)c(B)c2[nH]c3c(c2c1B)C(B)(B)CN(C)CC3(B)B. The first-order chi connectivity index (χ1) is 11.0. The smallest absolute Gasteiger partial charge is 0.146 e. The van der Waals surface area contributed by atoms with E-state index in [2.05, 4.69) is 71.9 Å². The number of nitrogens with zero attached hydrogens (tertiary/aromatic N) is 1. The molecule has 1 aromatic heterocycles. The van der Waals surface area contributed by atoms with Crippen molar-refractivity contribution in [1.82, 2.24) is 9.88 Å². The number of aromatic amines is 1. The quantitative estimate of drug-likeness (QED) is 0.530. The summed E-state index contributed by atoms with van der Waals surface area (Å²) in [7, 11) is 20.1. The predicted molar refractivity (Wildman–Crippen MR) is 124 cm³/mol. The van der Waals surface area contributed by atoms with Gasteiger partial charge in [-0.2, -0.15) is 0 Å². The van der Waals surface area contributed by atoms with Gasteiger partial charge >= 0.3 is 0 Å². The molecule has 0 saturated carbocycles. The van der Waals surface area contributed by atoms with E-state index in [9.17, 15) is 0 Å². The summed E-state index contributed by atoms with van der Waals surface area (Å²) in [5.41, 5.74) is 7.98. The zero-order valence-corrected chi connectivity index (χ0v) is 16.8. The van der Waals surface area contributed by atoms with Crippen LogP contribution in [0.15, 0.2) is 0 Å². The third kappa shape index (κ3) is 2.41. The van der Waals surface area contributed by atoms with Gasteiger partial charge in [0.05, 0.1) is 7.11 Å². The van der Waals surface area contributed by atoms with Gasteiger partial charge in [0.1, 0.15) is 60.7 Å². The standard InChI is InChI=1S/C14H25B7N2O/c1-23-3-13(18,19)6-5-7(15)8(16)11(24-2)9(17)10(5)22-12(6)14(20,21)4-23/h22H,3-4,15-21H2,1-2H3. The van der Waals surface area contributed by atoms with Crippen LogP contribution in [0.25, 0.3) is 10.9 Å². The first-order valence-electron chi connectivity index (χ1n) is 8.90. The highest BCUT2D eigenvalue weighted by Gasteiger charge is 2.39. The molecule has 0 atom stereocenters. The van der Waals surface area contributed by atoms with Gasteiger partial charge in [0.25, 0.3) is 0 Å². The lowest BCUT2D eigenvalue weighted by atomic mass is 9.46.